The molecule has 21 heavy (non-hydrogen) atoms. The maximum Gasteiger partial charge on any atom is 0.226 e. The molecule has 2 N–H and O–H groups in total. The van der Waals surface area contributed by atoms with E-state index in [1.807, 2.05) is 19.2 Å². The first-order chi connectivity index (χ1) is 9.86. The highest BCUT2D eigenvalue weighted by molar-refractivity contribution is 5.92. The van der Waals surface area contributed by atoms with E-state index >= 15 is 0 Å². The maximum absolute atomic E-state index is 12.2. The topological polar surface area (TPSA) is 46.3 Å². The minimum absolute atomic E-state index is 0.143. The van der Waals surface area contributed by atoms with Crippen LogP contribution in [0.1, 0.15) is 58.4 Å². The van der Waals surface area contributed by atoms with Gasteiger partial charge in [-0.05, 0) is 42.5 Å². The lowest BCUT2D eigenvalue weighted by Gasteiger charge is -2.22. The predicted octanol–water partition coefficient (Wildman–Crippen LogP) is 3.86. The summed E-state index contributed by atoms with van der Waals surface area (Å²) in [4.78, 5) is 13.9. The first kappa shape index (κ1) is 17.7. The molecular formula is C18H30N2O. The molecule has 0 fully saturated rings. The van der Waals surface area contributed by atoms with Crippen LogP contribution in [0.15, 0.2) is 24.3 Å². The number of carbonyl (C=O) groups is 1. The number of rotatable bonds is 7. The number of benzene rings is 1. The summed E-state index contributed by atoms with van der Waals surface area (Å²) in [5.41, 5.74) is 7.86. The highest BCUT2D eigenvalue weighted by Gasteiger charge is 2.15. The van der Waals surface area contributed by atoms with Crippen LogP contribution in [0.3, 0.4) is 0 Å². The number of amides is 1. The summed E-state index contributed by atoms with van der Waals surface area (Å²) in [6.07, 6.45) is 4.82. The Morgan fingerprint density at radius 1 is 1.05 bits per heavy atom. The lowest BCUT2D eigenvalue weighted by atomic mass is 9.87. The molecule has 0 bridgehead atoms. The van der Waals surface area contributed by atoms with Crippen LogP contribution in [0.2, 0.25) is 0 Å². The number of carbonyl (C=O) groups excluding carboxylic acids is 1. The minimum atomic E-state index is 0.143. The molecule has 118 valence electrons. The summed E-state index contributed by atoms with van der Waals surface area (Å²) in [6, 6.07) is 8.29. The summed E-state index contributed by atoms with van der Waals surface area (Å²) in [7, 11) is 1.86. The Kier molecular flexibility index (Phi) is 6.90. The molecular weight excluding hydrogens is 260 g/mol. The van der Waals surface area contributed by atoms with E-state index in [1.165, 1.54) is 5.56 Å². The van der Waals surface area contributed by atoms with Crippen molar-refractivity contribution in [1.82, 2.24) is 0 Å². The summed E-state index contributed by atoms with van der Waals surface area (Å²) >= 11 is 0. The first-order valence-corrected chi connectivity index (χ1v) is 7.93. The molecule has 0 aliphatic rings. The van der Waals surface area contributed by atoms with Crippen LogP contribution in [0.5, 0.6) is 0 Å². The van der Waals surface area contributed by atoms with Crippen molar-refractivity contribution < 1.29 is 4.79 Å². The Morgan fingerprint density at radius 3 is 2.14 bits per heavy atom. The van der Waals surface area contributed by atoms with E-state index in [0.29, 0.717) is 6.42 Å². The van der Waals surface area contributed by atoms with E-state index in [1.54, 1.807) is 4.90 Å². The lowest BCUT2D eigenvalue weighted by molar-refractivity contribution is -0.118. The summed E-state index contributed by atoms with van der Waals surface area (Å²) in [6.45, 7) is 7.32. The van der Waals surface area contributed by atoms with Crippen molar-refractivity contribution in [2.24, 2.45) is 5.73 Å². The van der Waals surface area contributed by atoms with Gasteiger partial charge >= 0.3 is 0 Å². The standard InChI is InChI=1S/C18H30N2O/c1-18(2,3)15-10-12-16(13-11-15)20(4)17(21)9-7-5-6-8-14-19/h10-13H,5-9,14,19H2,1-4H3. The van der Waals surface area contributed by atoms with Gasteiger partial charge in [0.2, 0.25) is 5.91 Å². The van der Waals surface area contributed by atoms with Crippen LogP contribution >= 0.6 is 0 Å². The quantitative estimate of drug-likeness (QED) is 0.775. The summed E-state index contributed by atoms with van der Waals surface area (Å²) in [5, 5.41) is 0. The number of nitrogens with zero attached hydrogens (tertiary/aromatic N) is 1. The van der Waals surface area contributed by atoms with Gasteiger partial charge in [0.1, 0.15) is 0 Å². The Bertz CT molecular complexity index is 432. The second-order valence-corrected chi connectivity index (χ2v) is 6.70. The average molecular weight is 290 g/mol. The summed E-state index contributed by atoms with van der Waals surface area (Å²) in [5.74, 6) is 0.186. The van der Waals surface area contributed by atoms with Crippen LogP contribution in [-0.2, 0) is 10.2 Å². The largest absolute Gasteiger partial charge is 0.330 e. The van der Waals surface area contributed by atoms with Crippen LogP contribution in [0.25, 0.3) is 0 Å². The molecule has 0 atom stereocenters. The first-order valence-electron chi connectivity index (χ1n) is 7.93. The Labute approximate surface area is 129 Å². The molecule has 0 radical (unpaired) electrons. The van der Waals surface area contributed by atoms with Gasteiger partial charge in [0, 0.05) is 19.2 Å². The third-order valence-corrected chi connectivity index (χ3v) is 3.84. The van der Waals surface area contributed by atoms with Crippen LogP contribution < -0.4 is 10.6 Å². The Hall–Kier alpha value is -1.35. The molecule has 0 saturated carbocycles. The third-order valence-electron chi connectivity index (χ3n) is 3.84. The van der Waals surface area contributed by atoms with Crippen molar-refractivity contribution in [2.45, 2.75) is 58.3 Å². The highest BCUT2D eigenvalue weighted by atomic mass is 16.2. The third kappa shape index (κ3) is 5.88. The molecule has 0 unspecified atom stereocenters. The van der Waals surface area contributed by atoms with Crippen molar-refractivity contribution in [1.29, 1.82) is 0 Å². The van der Waals surface area contributed by atoms with Gasteiger partial charge in [-0.15, -0.1) is 0 Å². The Morgan fingerprint density at radius 2 is 1.62 bits per heavy atom. The van der Waals surface area contributed by atoms with Crippen molar-refractivity contribution in [3.05, 3.63) is 29.8 Å². The van der Waals surface area contributed by atoms with E-state index < -0.39 is 0 Å². The highest BCUT2D eigenvalue weighted by Crippen LogP contribution is 2.24. The second kappa shape index (κ2) is 8.18. The predicted molar refractivity (Wildman–Crippen MR) is 90.7 cm³/mol. The molecule has 0 aliphatic heterocycles. The van der Waals surface area contributed by atoms with Crippen LogP contribution in [-0.4, -0.2) is 19.5 Å². The maximum atomic E-state index is 12.2. The zero-order valence-electron chi connectivity index (χ0n) is 14.0. The van der Waals surface area contributed by atoms with E-state index in [4.69, 9.17) is 5.73 Å². The molecule has 3 nitrogen and oxygen atoms in total. The molecule has 0 aromatic heterocycles. The van der Waals surface area contributed by atoms with E-state index in [9.17, 15) is 4.79 Å². The van der Waals surface area contributed by atoms with Crippen LogP contribution in [0.4, 0.5) is 5.69 Å². The molecule has 1 rings (SSSR count). The fourth-order valence-electron chi connectivity index (χ4n) is 2.27. The number of hydrogen-bond acceptors (Lipinski definition) is 2. The minimum Gasteiger partial charge on any atom is -0.330 e. The normalized spacial score (nSPS) is 11.5. The van der Waals surface area contributed by atoms with Gasteiger partial charge in [0.15, 0.2) is 0 Å². The zero-order chi connectivity index (χ0) is 15.9. The molecule has 0 spiro atoms. The van der Waals surface area contributed by atoms with Crippen LogP contribution in [0, 0.1) is 0 Å². The molecule has 1 amide bonds. The van der Waals surface area contributed by atoms with Gasteiger partial charge < -0.3 is 10.6 Å². The van der Waals surface area contributed by atoms with Crippen molar-refractivity contribution in [3.8, 4) is 0 Å². The van der Waals surface area contributed by atoms with Gasteiger partial charge in [-0.2, -0.15) is 0 Å². The molecule has 1 aromatic carbocycles. The van der Waals surface area contributed by atoms with E-state index in [0.717, 1.165) is 37.9 Å². The average Bonchev–Trinajstić information content (AvgIpc) is 2.45. The monoisotopic (exact) mass is 290 g/mol. The van der Waals surface area contributed by atoms with Gasteiger partial charge in [0.05, 0.1) is 0 Å². The lowest BCUT2D eigenvalue weighted by Crippen LogP contribution is -2.26. The molecule has 0 saturated heterocycles. The zero-order valence-corrected chi connectivity index (χ0v) is 14.0. The number of nitrogens with two attached hydrogens (primary N) is 1. The van der Waals surface area contributed by atoms with E-state index in [-0.39, 0.29) is 11.3 Å². The fourth-order valence-corrected chi connectivity index (χ4v) is 2.27. The molecule has 3 heteroatoms. The molecule has 0 aliphatic carbocycles. The van der Waals surface area contributed by atoms with Crippen molar-refractivity contribution in [3.63, 3.8) is 0 Å². The second-order valence-electron chi connectivity index (χ2n) is 6.70. The van der Waals surface area contributed by atoms with Gasteiger partial charge in [-0.3, -0.25) is 4.79 Å². The van der Waals surface area contributed by atoms with Crippen molar-refractivity contribution >= 4 is 11.6 Å². The molecule has 0 heterocycles. The SMILES string of the molecule is CN(C(=O)CCCCCCN)c1ccc(C(C)(C)C)cc1. The summed E-state index contributed by atoms with van der Waals surface area (Å²) < 4.78 is 0. The van der Waals surface area contributed by atoms with Crippen molar-refractivity contribution in [2.75, 3.05) is 18.5 Å². The smallest absolute Gasteiger partial charge is 0.226 e. The fraction of sp³-hybridized carbons (Fsp3) is 0.611. The van der Waals surface area contributed by atoms with E-state index in [2.05, 4.69) is 32.9 Å². The number of hydrogen-bond donors (Lipinski definition) is 1. The van der Waals surface area contributed by atoms with Gasteiger partial charge in [-0.1, -0.05) is 45.7 Å². The Balaban J connectivity index is 2.50. The van der Waals surface area contributed by atoms with Gasteiger partial charge in [0.25, 0.3) is 0 Å². The molecule has 1 aromatic rings. The van der Waals surface area contributed by atoms with Gasteiger partial charge in [-0.25, -0.2) is 0 Å². The number of anilines is 1. The number of unbranched alkanes of at least 4 members (excludes halogenated alkanes) is 3.